The fourth-order valence-corrected chi connectivity index (χ4v) is 9.18. The number of phenolic OH excluding ortho intramolecular Hbond substituents is 1. The van der Waals surface area contributed by atoms with Gasteiger partial charge in [0.1, 0.15) is 5.75 Å². The van der Waals surface area contributed by atoms with Crippen molar-refractivity contribution in [1.29, 1.82) is 0 Å². The first-order valence-electron chi connectivity index (χ1n) is 15.3. The summed E-state index contributed by atoms with van der Waals surface area (Å²) in [7, 11) is 0. The van der Waals surface area contributed by atoms with E-state index in [0.717, 1.165) is 43.6 Å². The zero-order valence-electron chi connectivity index (χ0n) is 23.3. The molecule has 0 amide bonds. The summed E-state index contributed by atoms with van der Waals surface area (Å²) in [6, 6.07) is 6.06. The molecule has 5 unspecified atom stereocenters. The summed E-state index contributed by atoms with van der Waals surface area (Å²) in [5.41, 5.74) is 2.90. The van der Waals surface area contributed by atoms with E-state index in [4.69, 9.17) is 0 Å². The van der Waals surface area contributed by atoms with Crippen molar-refractivity contribution in [2.45, 2.75) is 128 Å². The molecule has 1 aromatic carbocycles. The number of aliphatic hydroxyl groups excluding tert-OH is 1. The second kappa shape index (κ2) is 13.7. The van der Waals surface area contributed by atoms with Gasteiger partial charge in [-0.25, -0.2) is 0 Å². The highest BCUT2D eigenvalue weighted by Gasteiger charge is 2.56. The lowest BCUT2D eigenvalue weighted by molar-refractivity contribution is -0.135. The average molecular weight is 555 g/mol. The zero-order valence-corrected chi connectivity index (χ0v) is 24.1. The van der Waals surface area contributed by atoms with Crippen LogP contribution >= 0.6 is 11.8 Å². The minimum Gasteiger partial charge on any atom is -0.508 e. The Hall–Kier alpha value is -0.880. The number of halogens is 3. The number of phenols is 1. The number of hydrogen-bond donors (Lipinski definition) is 2. The number of aromatic hydroxyl groups is 1. The van der Waals surface area contributed by atoms with Gasteiger partial charge in [-0.1, -0.05) is 51.5 Å². The number of alkyl halides is 3. The maximum Gasteiger partial charge on any atom is 0.389 e. The van der Waals surface area contributed by atoms with Crippen molar-refractivity contribution in [1.82, 2.24) is 0 Å². The van der Waals surface area contributed by atoms with Gasteiger partial charge in [-0.15, -0.1) is 0 Å². The molecule has 0 aromatic heterocycles. The molecule has 0 saturated heterocycles. The van der Waals surface area contributed by atoms with E-state index in [9.17, 15) is 23.4 Å². The van der Waals surface area contributed by atoms with Crippen molar-refractivity contribution < 1.29 is 23.4 Å². The lowest BCUT2D eigenvalue weighted by Gasteiger charge is -2.53. The number of hydrogen-bond acceptors (Lipinski definition) is 3. The summed E-state index contributed by atoms with van der Waals surface area (Å²) in [6.45, 7) is 2.35. The molecule has 2 fully saturated rings. The first kappa shape index (κ1) is 30.1. The van der Waals surface area contributed by atoms with Crippen molar-refractivity contribution in [3.05, 3.63) is 29.3 Å². The molecule has 6 atom stereocenters. The second-order valence-electron chi connectivity index (χ2n) is 12.7. The number of benzene rings is 1. The predicted octanol–water partition coefficient (Wildman–Crippen LogP) is 9.42. The Morgan fingerprint density at radius 1 is 0.921 bits per heavy atom. The number of rotatable bonds is 14. The summed E-state index contributed by atoms with van der Waals surface area (Å²) >= 11 is 1.80. The standard InChI is InChI=1S/C32H49F3O2S/c1-31-18-16-27-26-13-12-25(36)22-24(26)21-23(30(27)28(31)14-15-29(31)37)11-7-5-3-2-4-6-9-19-38-20-10-8-17-32(33,34)35/h12-13,22-23,27-30,36-37H,2-11,14-21H2,1H3/t23-,27?,28?,29?,30?,31?/m1/s1. The molecule has 2 N–H and O–H groups in total. The summed E-state index contributed by atoms with van der Waals surface area (Å²) in [4.78, 5) is 0. The molecule has 6 heteroatoms. The van der Waals surface area contributed by atoms with Crippen LogP contribution in [0.4, 0.5) is 13.2 Å². The normalized spacial score (nSPS) is 30.6. The van der Waals surface area contributed by atoms with Gasteiger partial charge >= 0.3 is 6.18 Å². The zero-order chi connectivity index (χ0) is 27.2. The highest BCUT2D eigenvalue weighted by Crippen LogP contribution is 2.62. The fourth-order valence-electron chi connectivity index (χ4n) is 8.16. The molecule has 2 nitrogen and oxygen atoms in total. The molecular weight excluding hydrogens is 505 g/mol. The van der Waals surface area contributed by atoms with Crippen LogP contribution in [0.3, 0.4) is 0 Å². The third-order valence-corrected chi connectivity index (χ3v) is 11.4. The van der Waals surface area contributed by atoms with E-state index >= 15 is 0 Å². The largest absolute Gasteiger partial charge is 0.508 e. The molecule has 0 bridgehead atoms. The van der Waals surface area contributed by atoms with E-state index in [1.165, 1.54) is 62.5 Å². The Bertz CT molecular complexity index is 875. The van der Waals surface area contributed by atoms with E-state index < -0.39 is 12.6 Å². The maximum absolute atomic E-state index is 12.2. The SMILES string of the molecule is CC12CCC3c4ccc(O)cc4C[C@@H](CCCCCCCCCSCCCCC(F)(F)F)C3C1CCC2O. The van der Waals surface area contributed by atoms with Crippen LogP contribution < -0.4 is 0 Å². The van der Waals surface area contributed by atoms with Gasteiger partial charge in [0.2, 0.25) is 0 Å². The first-order chi connectivity index (χ1) is 18.2. The molecule has 38 heavy (non-hydrogen) atoms. The van der Waals surface area contributed by atoms with Gasteiger partial charge in [0.15, 0.2) is 0 Å². The summed E-state index contributed by atoms with van der Waals surface area (Å²) < 4.78 is 36.5. The Labute approximate surface area is 232 Å². The smallest absolute Gasteiger partial charge is 0.389 e. The van der Waals surface area contributed by atoms with Gasteiger partial charge in [0.05, 0.1) is 6.10 Å². The van der Waals surface area contributed by atoms with Crippen LogP contribution in [0.5, 0.6) is 5.75 Å². The Morgan fingerprint density at radius 2 is 1.61 bits per heavy atom. The summed E-state index contributed by atoms with van der Waals surface area (Å²) in [5, 5.41) is 21.0. The van der Waals surface area contributed by atoms with Gasteiger partial charge < -0.3 is 10.2 Å². The van der Waals surface area contributed by atoms with E-state index in [1.54, 1.807) is 11.8 Å². The topological polar surface area (TPSA) is 40.5 Å². The van der Waals surface area contributed by atoms with Crippen molar-refractivity contribution >= 4 is 11.8 Å². The van der Waals surface area contributed by atoms with Crippen molar-refractivity contribution in [3.8, 4) is 5.75 Å². The number of unbranched alkanes of at least 4 members (excludes halogenated alkanes) is 7. The first-order valence-corrected chi connectivity index (χ1v) is 16.5. The molecule has 0 spiro atoms. The molecule has 3 aliphatic rings. The highest BCUT2D eigenvalue weighted by atomic mass is 32.2. The predicted molar refractivity (Wildman–Crippen MR) is 152 cm³/mol. The summed E-state index contributed by atoms with van der Waals surface area (Å²) in [6.07, 6.45) is 11.6. The third-order valence-electron chi connectivity index (χ3n) is 10.2. The highest BCUT2D eigenvalue weighted by molar-refractivity contribution is 7.99. The molecule has 0 heterocycles. The van der Waals surface area contributed by atoms with Crippen LogP contribution in [0, 0.1) is 23.2 Å². The second-order valence-corrected chi connectivity index (χ2v) is 13.9. The molecule has 216 valence electrons. The van der Waals surface area contributed by atoms with Crippen LogP contribution in [-0.4, -0.2) is 34.0 Å². The van der Waals surface area contributed by atoms with E-state index in [2.05, 4.69) is 13.0 Å². The molecule has 4 rings (SSSR count). The molecule has 0 radical (unpaired) electrons. The van der Waals surface area contributed by atoms with Crippen LogP contribution in [0.1, 0.15) is 120 Å². The Balaban J connectivity index is 1.15. The fraction of sp³-hybridized carbons (Fsp3) is 0.812. The lowest BCUT2D eigenvalue weighted by atomic mass is 9.52. The molecule has 2 saturated carbocycles. The Kier molecular flexibility index (Phi) is 10.8. The van der Waals surface area contributed by atoms with E-state index in [0.29, 0.717) is 35.8 Å². The maximum atomic E-state index is 12.2. The van der Waals surface area contributed by atoms with E-state index in [-0.39, 0.29) is 17.9 Å². The van der Waals surface area contributed by atoms with Crippen LogP contribution in [-0.2, 0) is 6.42 Å². The van der Waals surface area contributed by atoms with Gasteiger partial charge in [-0.05, 0) is 122 Å². The van der Waals surface area contributed by atoms with E-state index in [1.807, 2.05) is 12.1 Å². The quantitative estimate of drug-likeness (QED) is 0.225. The summed E-state index contributed by atoms with van der Waals surface area (Å²) in [5.74, 6) is 4.81. The van der Waals surface area contributed by atoms with Crippen molar-refractivity contribution in [2.75, 3.05) is 11.5 Å². The average Bonchev–Trinajstić information content (AvgIpc) is 3.17. The van der Waals surface area contributed by atoms with Gasteiger partial charge in [0, 0.05) is 6.42 Å². The van der Waals surface area contributed by atoms with Gasteiger partial charge in [-0.3, -0.25) is 0 Å². The number of thioether (sulfide) groups is 1. The van der Waals surface area contributed by atoms with Crippen molar-refractivity contribution in [3.63, 3.8) is 0 Å². The molecule has 1 aromatic rings. The third kappa shape index (κ3) is 7.65. The van der Waals surface area contributed by atoms with Crippen molar-refractivity contribution in [2.24, 2.45) is 23.2 Å². The monoisotopic (exact) mass is 554 g/mol. The molecular formula is C32H49F3O2S. The van der Waals surface area contributed by atoms with Gasteiger partial charge in [-0.2, -0.15) is 24.9 Å². The molecule has 3 aliphatic carbocycles. The molecule has 0 aliphatic heterocycles. The lowest BCUT2D eigenvalue weighted by Crippen LogP contribution is -2.47. The minimum atomic E-state index is -4.00. The Morgan fingerprint density at radius 3 is 2.34 bits per heavy atom. The van der Waals surface area contributed by atoms with Crippen LogP contribution in [0.2, 0.25) is 0 Å². The van der Waals surface area contributed by atoms with Crippen LogP contribution in [0.15, 0.2) is 18.2 Å². The minimum absolute atomic E-state index is 0.0786. The number of aliphatic hydroxyl groups is 1. The van der Waals surface area contributed by atoms with Crippen LogP contribution in [0.25, 0.3) is 0 Å². The number of fused-ring (bicyclic) bond motifs is 5. The van der Waals surface area contributed by atoms with Gasteiger partial charge in [0.25, 0.3) is 0 Å².